The minimum Gasteiger partial charge on any atom is -0.464 e. The van der Waals surface area contributed by atoms with Crippen LogP contribution in [-0.4, -0.2) is 39.6 Å². The summed E-state index contributed by atoms with van der Waals surface area (Å²) >= 11 is 3.37. The maximum atomic E-state index is 12.4. The molecule has 0 aliphatic rings. The van der Waals surface area contributed by atoms with E-state index in [9.17, 15) is 4.79 Å². The molecule has 24 heavy (non-hydrogen) atoms. The molecule has 0 bridgehead atoms. The number of hydrogen-bond donors (Lipinski definition) is 1. The highest BCUT2D eigenvalue weighted by molar-refractivity contribution is 9.10. The fourth-order valence-corrected chi connectivity index (χ4v) is 3.43. The first-order chi connectivity index (χ1) is 11.3. The number of nitrogens with zero attached hydrogens (tertiary/aromatic N) is 3. The van der Waals surface area contributed by atoms with Crippen LogP contribution >= 0.6 is 15.9 Å². The zero-order valence-electron chi connectivity index (χ0n) is 14.3. The molecule has 2 unspecified atom stereocenters. The fraction of sp³-hybridized carbons (Fsp3) is 0.533. The Labute approximate surface area is 151 Å². The van der Waals surface area contributed by atoms with Crippen LogP contribution in [0.4, 0.5) is 5.69 Å². The molecule has 0 amide bonds. The smallest absolute Gasteiger partial charge is 0.331 e. The lowest BCUT2D eigenvalue weighted by Crippen LogP contribution is -2.49. The van der Waals surface area contributed by atoms with Gasteiger partial charge in [-0.25, -0.2) is 4.79 Å². The van der Waals surface area contributed by atoms with E-state index in [1.807, 2.05) is 43.9 Å². The molecule has 0 heterocycles. The number of esters is 1. The number of ether oxygens (including phenoxy) is 1. The third-order valence-corrected chi connectivity index (χ3v) is 4.45. The average Bonchev–Trinajstić information content (AvgIpc) is 2.50. The maximum absolute atomic E-state index is 12.4. The van der Waals surface area contributed by atoms with Crippen LogP contribution < -0.4 is 5.32 Å². The molecule has 0 aliphatic carbocycles. The second kappa shape index (κ2) is 9.68. The molecule has 1 aromatic carbocycles. The summed E-state index contributed by atoms with van der Waals surface area (Å²) < 4.78 is 12.2. The molecule has 9 heteroatoms. The third-order valence-electron chi connectivity index (χ3n) is 2.91. The van der Waals surface area contributed by atoms with Crippen molar-refractivity contribution in [2.24, 2.45) is 5.11 Å². The van der Waals surface area contributed by atoms with E-state index in [1.54, 1.807) is 6.92 Å². The van der Waals surface area contributed by atoms with Gasteiger partial charge in [0.15, 0.2) is 8.32 Å². The number of halogens is 1. The van der Waals surface area contributed by atoms with Crippen LogP contribution in [0.15, 0.2) is 33.9 Å². The van der Waals surface area contributed by atoms with Crippen molar-refractivity contribution in [2.75, 3.05) is 18.5 Å². The minimum absolute atomic E-state index is 0.0494. The topological polar surface area (TPSA) is 96.3 Å². The number of carbonyl (C=O) groups excluding carboxylic acids is 1. The van der Waals surface area contributed by atoms with Gasteiger partial charge in [-0.1, -0.05) is 21.0 Å². The Hall–Kier alpha value is -1.54. The molecular formula is C15H23BrN4O3Si. The number of benzene rings is 1. The maximum Gasteiger partial charge on any atom is 0.331 e. The standard InChI is InChI=1S/C15H23BrN4O3Si/c1-5-22-15(21)14(19-12-8-6-11(16)7-9-12)13(10-18-20-17)23-24(2,3)4/h6-9,13-14,19H,5,10H2,1-4H3. The van der Waals surface area contributed by atoms with Crippen LogP contribution in [0, 0.1) is 0 Å². The zero-order valence-corrected chi connectivity index (χ0v) is 16.9. The molecule has 0 fully saturated rings. The predicted molar refractivity (Wildman–Crippen MR) is 100 cm³/mol. The van der Waals surface area contributed by atoms with Gasteiger partial charge in [-0.05, 0) is 56.4 Å². The van der Waals surface area contributed by atoms with Crippen molar-refractivity contribution in [1.82, 2.24) is 0 Å². The van der Waals surface area contributed by atoms with Crippen molar-refractivity contribution in [3.8, 4) is 0 Å². The van der Waals surface area contributed by atoms with Gasteiger partial charge in [0.1, 0.15) is 6.04 Å². The van der Waals surface area contributed by atoms with E-state index < -0.39 is 26.4 Å². The van der Waals surface area contributed by atoms with E-state index >= 15 is 0 Å². The largest absolute Gasteiger partial charge is 0.464 e. The molecule has 0 aliphatic heterocycles. The van der Waals surface area contributed by atoms with Gasteiger partial charge < -0.3 is 14.5 Å². The molecule has 0 radical (unpaired) electrons. The second-order valence-electron chi connectivity index (χ2n) is 6.06. The quantitative estimate of drug-likeness (QED) is 0.214. The molecule has 1 N–H and O–H groups in total. The van der Waals surface area contributed by atoms with Gasteiger partial charge in [-0.15, -0.1) is 0 Å². The SMILES string of the molecule is CCOC(=O)C(Nc1ccc(Br)cc1)C(CN=[N+]=[N-])O[Si](C)(C)C. The number of anilines is 1. The van der Waals surface area contributed by atoms with E-state index in [-0.39, 0.29) is 13.2 Å². The van der Waals surface area contributed by atoms with E-state index in [2.05, 4.69) is 31.3 Å². The summed E-state index contributed by atoms with van der Waals surface area (Å²) in [4.78, 5) is 15.2. The van der Waals surface area contributed by atoms with Crippen LogP contribution in [0.2, 0.25) is 19.6 Å². The van der Waals surface area contributed by atoms with Crippen LogP contribution in [0.3, 0.4) is 0 Å². The summed E-state index contributed by atoms with van der Waals surface area (Å²) in [5, 5.41) is 6.74. The van der Waals surface area contributed by atoms with Crippen molar-refractivity contribution in [1.29, 1.82) is 0 Å². The van der Waals surface area contributed by atoms with E-state index in [0.29, 0.717) is 0 Å². The van der Waals surface area contributed by atoms with Gasteiger partial charge in [-0.2, -0.15) is 0 Å². The van der Waals surface area contributed by atoms with Crippen molar-refractivity contribution >= 4 is 35.9 Å². The van der Waals surface area contributed by atoms with Gasteiger partial charge in [0.25, 0.3) is 0 Å². The lowest BCUT2D eigenvalue weighted by molar-refractivity contribution is -0.146. The summed E-state index contributed by atoms with van der Waals surface area (Å²) in [6.07, 6.45) is -0.602. The van der Waals surface area contributed by atoms with Gasteiger partial charge in [-0.3, -0.25) is 0 Å². The zero-order chi connectivity index (χ0) is 18.2. The van der Waals surface area contributed by atoms with Gasteiger partial charge in [0.2, 0.25) is 0 Å². The number of rotatable bonds is 9. The van der Waals surface area contributed by atoms with Gasteiger partial charge in [0, 0.05) is 15.1 Å². The molecule has 0 spiro atoms. The lowest BCUT2D eigenvalue weighted by Gasteiger charge is -2.31. The average molecular weight is 415 g/mol. The summed E-state index contributed by atoms with van der Waals surface area (Å²) in [7, 11) is -1.97. The van der Waals surface area contributed by atoms with Crippen LogP contribution in [0.5, 0.6) is 0 Å². The summed E-state index contributed by atoms with van der Waals surface area (Å²) in [6.45, 7) is 8.09. The van der Waals surface area contributed by atoms with Crippen LogP contribution in [0.1, 0.15) is 6.92 Å². The molecule has 2 atom stereocenters. The van der Waals surface area contributed by atoms with Crippen LogP contribution in [-0.2, 0) is 14.0 Å². The van der Waals surface area contributed by atoms with Gasteiger partial charge in [0.05, 0.1) is 19.3 Å². The van der Waals surface area contributed by atoms with E-state index in [0.717, 1.165) is 10.2 Å². The Balaban J connectivity index is 3.07. The normalized spacial score (nSPS) is 13.5. The molecule has 0 saturated heterocycles. The second-order valence-corrected chi connectivity index (χ2v) is 11.4. The summed E-state index contributed by atoms with van der Waals surface area (Å²) in [5.74, 6) is -0.434. The van der Waals surface area contributed by atoms with E-state index in [4.69, 9.17) is 14.7 Å². The van der Waals surface area contributed by atoms with Crippen LogP contribution in [0.25, 0.3) is 10.4 Å². The fourth-order valence-electron chi connectivity index (χ4n) is 2.04. The predicted octanol–water partition coefficient (Wildman–Crippen LogP) is 4.32. The van der Waals surface area contributed by atoms with Crippen molar-refractivity contribution < 1.29 is 14.0 Å². The molecule has 1 rings (SSSR count). The Morgan fingerprint density at radius 1 is 1.38 bits per heavy atom. The number of carbonyl (C=O) groups is 1. The molecule has 0 aromatic heterocycles. The van der Waals surface area contributed by atoms with Gasteiger partial charge >= 0.3 is 5.97 Å². The Bertz CT molecular complexity index is 585. The monoisotopic (exact) mass is 414 g/mol. The Kier molecular flexibility index (Phi) is 8.27. The molecule has 7 nitrogen and oxygen atoms in total. The summed E-state index contributed by atoms with van der Waals surface area (Å²) in [5.41, 5.74) is 9.38. The molecule has 1 aromatic rings. The van der Waals surface area contributed by atoms with Crippen molar-refractivity contribution in [3.63, 3.8) is 0 Å². The number of hydrogen-bond acceptors (Lipinski definition) is 5. The number of nitrogens with one attached hydrogen (secondary N) is 1. The minimum atomic E-state index is -1.97. The highest BCUT2D eigenvalue weighted by Gasteiger charge is 2.33. The Morgan fingerprint density at radius 3 is 2.50 bits per heavy atom. The molecular weight excluding hydrogens is 392 g/mol. The highest BCUT2D eigenvalue weighted by Crippen LogP contribution is 2.19. The third kappa shape index (κ3) is 7.35. The first-order valence-corrected chi connectivity index (χ1v) is 11.8. The molecule has 132 valence electrons. The van der Waals surface area contributed by atoms with Crippen molar-refractivity contribution in [3.05, 3.63) is 39.2 Å². The first-order valence-electron chi connectivity index (χ1n) is 7.64. The first kappa shape index (κ1) is 20.5. The number of azide groups is 1. The Morgan fingerprint density at radius 2 is 2.00 bits per heavy atom. The lowest BCUT2D eigenvalue weighted by atomic mass is 10.1. The van der Waals surface area contributed by atoms with E-state index in [1.165, 1.54) is 0 Å². The highest BCUT2D eigenvalue weighted by atomic mass is 79.9. The van der Waals surface area contributed by atoms with Crippen molar-refractivity contribution in [2.45, 2.75) is 38.7 Å². The summed E-state index contributed by atoms with van der Waals surface area (Å²) in [6, 6.07) is 6.66. The molecule has 0 saturated carbocycles.